The Bertz CT molecular complexity index is 708. The molecule has 0 atom stereocenters. The molecule has 6 heteroatoms. The van der Waals surface area contributed by atoms with Crippen molar-refractivity contribution in [2.45, 2.75) is 0 Å². The van der Waals surface area contributed by atoms with Crippen molar-refractivity contribution in [3.05, 3.63) is 63.1 Å². The number of rotatable bonds is 3. The van der Waals surface area contributed by atoms with Gasteiger partial charge in [-0.05, 0) is 23.8 Å². The van der Waals surface area contributed by atoms with Gasteiger partial charge in [0, 0.05) is 10.6 Å². The molecule has 2 aromatic carbocycles. The number of esters is 1. The highest BCUT2D eigenvalue weighted by Crippen LogP contribution is 2.40. The van der Waals surface area contributed by atoms with Crippen LogP contribution in [0.1, 0.15) is 0 Å². The van der Waals surface area contributed by atoms with Crippen molar-refractivity contribution in [3.8, 4) is 16.9 Å². The van der Waals surface area contributed by atoms with Crippen LogP contribution in [0, 0.1) is 0 Å². The van der Waals surface area contributed by atoms with E-state index in [-0.39, 0.29) is 20.8 Å². The maximum Gasteiger partial charge on any atom is 0.354 e. The van der Waals surface area contributed by atoms with E-state index in [2.05, 4.69) is 6.58 Å². The maximum atomic E-state index is 11.5. The Balaban J connectivity index is 2.48. The Morgan fingerprint density at radius 2 is 1.62 bits per heavy atom. The Labute approximate surface area is 141 Å². The minimum absolute atomic E-state index is 0.0394. The molecule has 21 heavy (non-hydrogen) atoms. The molecule has 0 saturated heterocycles. The third-order valence-electron chi connectivity index (χ3n) is 2.62. The van der Waals surface area contributed by atoms with E-state index in [1.165, 1.54) is 0 Å². The van der Waals surface area contributed by atoms with Crippen LogP contribution >= 0.6 is 46.4 Å². The molecule has 0 bridgehead atoms. The van der Waals surface area contributed by atoms with Crippen LogP contribution in [0.2, 0.25) is 15.1 Å². The van der Waals surface area contributed by atoms with Gasteiger partial charge in [0.05, 0.1) is 10.0 Å². The molecule has 0 aliphatic rings. The molecule has 108 valence electrons. The summed E-state index contributed by atoms with van der Waals surface area (Å²) in [5, 5.41) is 0.744. The third kappa shape index (κ3) is 3.72. The van der Waals surface area contributed by atoms with E-state index in [4.69, 9.17) is 51.1 Å². The summed E-state index contributed by atoms with van der Waals surface area (Å²) in [5.74, 6) is -0.772. The molecular weight excluding hydrogens is 354 g/mol. The molecule has 0 spiro atoms. The Hall–Kier alpha value is -1.19. The average molecular weight is 362 g/mol. The van der Waals surface area contributed by atoms with E-state index >= 15 is 0 Å². The van der Waals surface area contributed by atoms with E-state index < -0.39 is 5.97 Å². The summed E-state index contributed by atoms with van der Waals surface area (Å²) in [6, 6.07) is 10.4. The fraction of sp³-hybridized carbons (Fsp3) is 0. The first-order valence-electron chi connectivity index (χ1n) is 5.70. The van der Waals surface area contributed by atoms with Crippen LogP contribution in [-0.2, 0) is 4.79 Å². The van der Waals surface area contributed by atoms with Gasteiger partial charge in [-0.15, -0.1) is 0 Å². The summed E-state index contributed by atoms with van der Waals surface area (Å²) in [7, 11) is 0. The van der Waals surface area contributed by atoms with Gasteiger partial charge in [-0.2, -0.15) is 0 Å². The molecule has 0 radical (unpaired) electrons. The number of hydrogen-bond acceptors (Lipinski definition) is 2. The van der Waals surface area contributed by atoms with Gasteiger partial charge >= 0.3 is 5.97 Å². The third-order valence-corrected chi connectivity index (χ3v) is 3.70. The molecule has 0 amide bonds. The van der Waals surface area contributed by atoms with Crippen LogP contribution in [0.5, 0.6) is 5.75 Å². The minimum Gasteiger partial charge on any atom is -0.419 e. The summed E-state index contributed by atoms with van der Waals surface area (Å²) in [6.07, 6.45) is 0. The number of halogens is 4. The molecule has 0 unspecified atom stereocenters. The SMILES string of the molecule is C=C(Cl)C(=O)Oc1c(Cl)ccc(-c2ccc(Cl)cc2)c1Cl. The van der Waals surface area contributed by atoms with Crippen molar-refractivity contribution in [3.63, 3.8) is 0 Å². The first-order chi connectivity index (χ1) is 9.90. The normalized spacial score (nSPS) is 10.3. The zero-order valence-corrected chi connectivity index (χ0v) is 13.5. The second-order valence-electron chi connectivity index (χ2n) is 4.04. The Morgan fingerprint density at radius 1 is 1.00 bits per heavy atom. The van der Waals surface area contributed by atoms with Crippen molar-refractivity contribution in [1.82, 2.24) is 0 Å². The molecule has 0 saturated carbocycles. The van der Waals surface area contributed by atoms with E-state index in [0.717, 1.165) is 5.56 Å². The minimum atomic E-state index is -0.811. The van der Waals surface area contributed by atoms with Crippen molar-refractivity contribution in [1.29, 1.82) is 0 Å². The van der Waals surface area contributed by atoms with E-state index in [0.29, 0.717) is 10.6 Å². The Morgan fingerprint density at radius 3 is 2.19 bits per heavy atom. The van der Waals surface area contributed by atoms with Gasteiger partial charge in [0.25, 0.3) is 0 Å². The maximum absolute atomic E-state index is 11.5. The average Bonchev–Trinajstić information content (AvgIpc) is 2.44. The topological polar surface area (TPSA) is 26.3 Å². The summed E-state index contributed by atoms with van der Waals surface area (Å²) in [6.45, 7) is 3.29. The smallest absolute Gasteiger partial charge is 0.354 e. The van der Waals surface area contributed by atoms with Crippen LogP contribution in [0.15, 0.2) is 48.0 Å². The highest BCUT2D eigenvalue weighted by atomic mass is 35.5. The second-order valence-corrected chi connectivity index (χ2v) is 5.72. The number of carbonyl (C=O) groups excluding carboxylic acids is 1. The fourth-order valence-electron chi connectivity index (χ4n) is 1.63. The van der Waals surface area contributed by atoms with Gasteiger partial charge < -0.3 is 4.74 Å². The van der Waals surface area contributed by atoms with Crippen molar-refractivity contribution < 1.29 is 9.53 Å². The molecule has 0 fully saturated rings. The molecule has 0 aliphatic heterocycles. The highest BCUT2D eigenvalue weighted by molar-refractivity contribution is 6.42. The standard InChI is InChI=1S/C15H8Cl4O2/c1-8(16)15(20)21-14-12(18)7-6-11(13(14)19)9-2-4-10(17)5-3-9/h2-7H,1H2. The molecular formula is C15H8Cl4O2. The van der Waals surface area contributed by atoms with Crippen molar-refractivity contribution in [2.75, 3.05) is 0 Å². The second kappa shape index (κ2) is 6.71. The van der Waals surface area contributed by atoms with E-state index in [1.807, 2.05) is 0 Å². The van der Waals surface area contributed by atoms with Crippen molar-refractivity contribution >= 4 is 52.4 Å². The lowest BCUT2D eigenvalue weighted by molar-refractivity contribution is -0.129. The monoisotopic (exact) mass is 360 g/mol. The molecule has 2 aromatic rings. The van der Waals surface area contributed by atoms with Gasteiger partial charge in [0.2, 0.25) is 0 Å². The van der Waals surface area contributed by atoms with Crippen LogP contribution < -0.4 is 4.74 Å². The molecule has 0 heterocycles. The van der Waals surface area contributed by atoms with Crippen LogP contribution in [0.3, 0.4) is 0 Å². The zero-order valence-electron chi connectivity index (χ0n) is 10.5. The molecule has 0 N–H and O–H groups in total. The number of ether oxygens (including phenoxy) is 1. The summed E-state index contributed by atoms with van der Waals surface area (Å²) < 4.78 is 5.06. The molecule has 2 nitrogen and oxygen atoms in total. The lowest BCUT2D eigenvalue weighted by atomic mass is 10.1. The van der Waals surface area contributed by atoms with E-state index in [1.54, 1.807) is 36.4 Å². The largest absolute Gasteiger partial charge is 0.419 e. The molecule has 0 aliphatic carbocycles. The lowest BCUT2D eigenvalue weighted by Crippen LogP contribution is -2.08. The lowest BCUT2D eigenvalue weighted by Gasteiger charge is -2.12. The van der Waals surface area contributed by atoms with Crippen LogP contribution in [0.25, 0.3) is 11.1 Å². The summed E-state index contributed by atoms with van der Waals surface area (Å²) in [4.78, 5) is 11.5. The van der Waals surface area contributed by atoms with Gasteiger partial charge in [0.1, 0.15) is 5.03 Å². The van der Waals surface area contributed by atoms with Crippen molar-refractivity contribution in [2.24, 2.45) is 0 Å². The zero-order chi connectivity index (χ0) is 15.6. The predicted octanol–water partition coefficient (Wildman–Crippen LogP) is 5.97. The first kappa shape index (κ1) is 16.2. The number of hydrogen-bond donors (Lipinski definition) is 0. The first-order valence-corrected chi connectivity index (χ1v) is 7.22. The Kier molecular flexibility index (Phi) is 5.17. The summed E-state index contributed by atoms with van der Waals surface area (Å²) in [5.41, 5.74) is 1.46. The van der Waals surface area contributed by atoms with E-state index in [9.17, 15) is 4.79 Å². The fourth-order valence-corrected chi connectivity index (χ4v) is 2.35. The predicted molar refractivity (Wildman–Crippen MR) is 87.5 cm³/mol. The quantitative estimate of drug-likeness (QED) is 0.382. The molecule has 2 rings (SSSR count). The van der Waals surface area contributed by atoms with Gasteiger partial charge in [0.15, 0.2) is 5.75 Å². The van der Waals surface area contributed by atoms with Gasteiger partial charge in [-0.25, -0.2) is 4.79 Å². The van der Waals surface area contributed by atoms with Gasteiger partial charge in [-0.3, -0.25) is 0 Å². The van der Waals surface area contributed by atoms with Gasteiger partial charge in [-0.1, -0.05) is 71.2 Å². The number of carbonyl (C=O) groups is 1. The highest BCUT2D eigenvalue weighted by Gasteiger charge is 2.17. The van der Waals surface area contributed by atoms with Crippen LogP contribution in [-0.4, -0.2) is 5.97 Å². The number of benzene rings is 2. The van der Waals surface area contributed by atoms with Crippen LogP contribution in [0.4, 0.5) is 0 Å². The molecule has 0 aromatic heterocycles. The summed E-state index contributed by atoms with van der Waals surface area (Å²) >= 11 is 23.6.